The van der Waals surface area contributed by atoms with Gasteiger partial charge < -0.3 is 4.74 Å². The third-order valence-electron chi connectivity index (χ3n) is 5.13. The lowest BCUT2D eigenvalue weighted by molar-refractivity contribution is 0.292. The Labute approximate surface area is 160 Å². The molecule has 1 unspecified atom stereocenters. The molecule has 2 aromatic rings. The van der Waals surface area contributed by atoms with Gasteiger partial charge in [0.15, 0.2) is 0 Å². The molecule has 0 N–H and O–H groups in total. The molecule has 0 spiro atoms. The van der Waals surface area contributed by atoms with Crippen molar-refractivity contribution in [3.05, 3.63) is 65.2 Å². The largest absolute Gasteiger partial charge is 0.465 e. The molecule has 0 aromatic heterocycles. The topological polar surface area (TPSA) is 59.0 Å². The Morgan fingerprint density at radius 3 is 2.67 bits per heavy atom. The van der Waals surface area contributed by atoms with E-state index >= 15 is 0 Å². The third kappa shape index (κ3) is 3.58. The van der Waals surface area contributed by atoms with Gasteiger partial charge >= 0.3 is 6.02 Å². The van der Waals surface area contributed by atoms with E-state index in [1.54, 1.807) is 6.07 Å². The van der Waals surface area contributed by atoms with Gasteiger partial charge in [0.2, 0.25) is 0 Å². The second-order valence-corrected chi connectivity index (χ2v) is 8.87. The zero-order valence-electron chi connectivity index (χ0n) is 15.5. The average Bonchev–Trinajstić information content (AvgIpc) is 3.29. The minimum Gasteiger partial charge on any atom is -0.465 e. The van der Waals surface area contributed by atoms with Crippen molar-refractivity contribution < 1.29 is 13.2 Å². The van der Waals surface area contributed by atoms with Crippen LogP contribution in [-0.2, 0) is 34.0 Å². The van der Waals surface area contributed by atoms with Crippen LogP contribution >= 0.6 is 0 Å². The monoisotopic (exact) mass is 384 g/mol. The molecule has 0 bridgehead atoms. The van der Waals surface area contributed by atoms with Crippen molar-refractivity contribution >= 4 is 16.0 Å². The summed E-state index contributed by atoms with van der Waals surface area (Å²) >= 11 is 0. The van der Waals surface area contributed by atoms with Crippen molar-refractivity contribution in [3.8, 4) is 0 Å². The highest BCUT2D eigenvalue weighted by Crippen LogP contribution is 2.28. The van der Waals surface area contributed by atoms with E-state index in [0.717, 1.165) is 30.4 Å². The van der Waals surface area contributed by atoms with Crippen molar-refractivity contribution in [2.75, 3.05) is 13.2 Å². The molecule has 1 heterocycles. The fourth-order valence-electron chi connectivity index (χ4n) is 3.80. The maximum absolute atomic E-state index is 13.3. The summed E-state index contributed by atoms with van der Waals surface area (Å²) in [6.45, 7) is 2.53. The van der Waals surface area contributed by atoms with Gasteiger partial charge in [0.1, 0.15) is 0 Å². The maximum Gasteiger partial charge on any atom is 0.302 e. The number of sulfonamides is 1. The molecule has 0 radical (unpaired) electrons. The second-order valence-electron chi connectivity index (χ2n) is 7.01. The Kier molecular flexibility index (Phi) is 4.91. The summed E-state index contributed by atoms with van der Waals surface area (Å²) in [5, 5.41) is 0. The van der Waals surface area contributed by atoms with Gasteiger partial charge in [-0.25, -0.2) is 17.7 Å². The predicted molar refractivity (Wildman–Crippen MR) is 105 cm³/mol. The van der Waals surface area contributed by atoms with E-state index in [2.05, 4.69) is 4.99 Å². The highest BCUT2D eigenvalue weighted by atomic mass is 32.2. The van der Waals surface area contributed by atoms with Gasteiger partial charge in [-0.15, -0.1) is 0 Å². The first-order valence-corrected chi connectivity index (χ1v) is 10.9. The Morgan fingerprint density at radius 2 is 1.89 bits per heavy atom. The van der Waals surface area contributed by atoms with Crippen LogP contribution in [0.3, 0.4) is 0 Å². The minimum absolute atomic E-state index is 0.141. The standard InChI is InChI=1S/C21H24N2O3S/c1-2-26-21-22-19(13-16-7-4-3-5-8-16)15-23(21)27(24,25)20-12-11-17-9-6-10-18(17)14-20/h3-5,7-8,11-12,14,19H,2,6,9-10,13,15H2,1H3. The fourth-order valence-corrected chi connectivity index (χ4v) is 5.26. The highest BCUT2D eigenvalue weighted by molar-refractivity contribution is 7.89. The molecule has 5 nitrogen and oxygen atoms in total. The smallest absolute Gasteiger partial charge is 0.302 e. The number of benzene rings is 2. The molecule has 0 fully saturated rings. The molecule has 1 aliphatic carbocycles. The van der Waals surface area contributed by atoms with Crippen LogP contribution in [0.25, 0.3) is 0 Å². The number of nitrogens with zero attached hydrogens (tertiary/aromatic N) is 2. The summed E-state index contributed by atoms with van der Waals surface area (Å²) < 4.78 is 33.5. The Hall–Kier alpha value is -2.34. The molecule has 0 amide bonds. The first-order chi connectivity index (χ1) is 13.1. The van der Waals surface area contributed by atoms with Crippen LogP contribution in [0, 0.1) is 0 Å². The van der Waals surface area contributed by atoms with Gasteiger partial charge in [0.05, 0.1) is 24.1 Å². The zero-order valence-corrected chi connectivity index (χ0v) is 16.3. The first-order valence-electron chi connectivity index (χ1n) is 9.47. The average molecular weight is 385 g/mol. The summed E-state index contributed by atoms with van der Waals surface area (Å²) in [7, 11) is -3.68. The van der Waals surface area contributed by atoms with E-state index in [1.165, 1.54) is 9.87 Å². The molecule has 1 aliphatic heterocycles. The Bertz CT molecular complexity index is 955. The van der Waals surface area contributed by atoms with Gasteiger partial charge in [-0.2, -0.15) is 0 Å². The summed E-state index contributed by atoms with van der Waals surface area (Å²) in [6, 6.07) is 15.6. The Balaban J connectivity index is 1.60. The van der Waals surface area contributed by atoms with E-state index in [-0.39, 0.29) is 12.1 Å². The van der Waals surface area contributed by atoms with Gasteiger partial charge in [0, 0.05) is 0 Å². The maximum atomic E-state index is 13.3. The molecular weight excluding hydrogens is 360 g/mol. The van der Waals surface area contributed by atoms with Crippen LogP contribution in [0.4, 0.5) is 0 Å². The quantitative estimate of drug-likeness (QED) is 0.795. The van der Waals surface area contributed by atoms with Gasteiger partial charge in [-0.1, -0.05) is 36.4 Å². The minimum atomic E-state index is -3.68. The summed E-state index contributed by atoms with van der Waals surface area (Å²) in [6.07, 6.45) is 3.76. The van der Waals surface area contributed by atoms with Crippen LogP contribution in [0.1, 0.15) is 30.0 Å². The molecular formula is C21H24N2O3S. The van der Waals surface area contributed by atoms with Crippen LogP contribution in [-0.4, -0.2) is 37.9 Å². The lowest BCUT2D eigenvalue weighted by Crippen LogP contribution is -2.37. The lowest BCUT2D eigenvalue weighted by atomic mass is 10.1. The van der Waals surface area contributed by atoms with Crippen molar-refractivity contribution in [2.45, 2.75) is 43.5 Å². The predicted octanol–water partition coefficient (Wildman–Crippen LogP) is 3.18. The van der Waals surface area contributed by atoms with E-state index in [4.69, 9.17) is 4.74 Å². The number of hydrogen-bond acceptors (Lipinski definition) is 4. The number of rotatable bonds is 5. The number of amidine groups is 1. The van der Waals surface area contributed by atoms with Crippen LogP contribution in [0.2, 0.25) is 0 Å². The number of hydrogen-bond donors (Lipinski definition) is 0. The number of aryl methyl sites for hydroxylation is 2. The van der Waals surface area contributed by atoms with Crippen molar-refractivity contribution in [1.82, 2.24) is 4.31 Å². The van der Waals surface area contributed by atoms with Crippen LogP contribution < -0.4 is 0 Å². The molecule has 27 heavy (non-hydrogen) atoms. The highest BCUT2D eigenvalue weighted by Gasteiger charge is 2.36. The summed E-state index contributed by atoms with van der Waals surface area (Å²) in [5.41, 5.74) is 3.54. The van der Waals surface area contributed by atoms with Crippen molar-refractivity contribution in [2.24, 2.45) is 4.99 Å². The molecule has 0 saturated heterocycles. The third-order valence-corrected chi connectivity index (χ3v) is 6.86. The zero-order chi connectivity index (χ0) is 18.9. The first kappa shape index (κ1) is 18.0. The molecule has 4 rings (SSSR count). The van der Waals surface area contributed by atoms with Gasteiger partial charge in [0.25, 0.3) is 10.0 Å². The molecule has 1 atom stereocenters. The summed E-state index contributed by atoms with van der Waals surface area (Å²) in [4.78, 5) is 4.89. The van der Waals surface area contributed by atoms with Crippen molar-refractivity contribution in [3.63, 3.8) is 0 Å². The molecule has 2 aliphatic rings. The number of aliphatic imine (C=N–C) groups is 1. The van der Waals surface area contributed by atoms with E-state index in [9.17, 15) is 8.42 Å². The Morgan fingerprint density at radius 1 is 1.11 bits per heavy atom. The lowest BCUT2D eigenvalue weighted by Gasteiger charge is -2.20. The number of fused-ring (bicyclic) bond motifs is 1. The number of ether oxygens (including phenoxy) is 1. The fraction of sp³-hybridized carbons (Fsp3) is 0.381. The van der Waals surface area contributed by atoms with Crippen LogP contribution in [0.5, 0.6) is 0 Å². The van der Waals surface area contributed by atoms with Gasteiger partial charge in [-0.3, -0.25) is 0 Å². The molecule has 0 saturated carbocycles. The van der Waals surface area contributed by atoms with E-state index < -0.39 is 10.0 Å². The molecule has 142 valence electrons. The van der Waals surface area contributed by atoms with E-state index in [0.29, 0.717) is 24.5 Å². The van der Waals surface area contributed by atoms with E-state index in [1.807, 2.05) is 49.4 Å². The van der Waals surface area contributed by atoms with Crippen molar-refractivity contribution in [1.29, 1.82) is 0 Å². The summed E-state index contributed by atoms with van der Waals surface area (Å²) in [5.74, 6) is 0. The van der Waals surface area contributed by atoms with Crippen LogP contribution in [0.15, 0.2) is 58.4 Å². The van der Waals surface area contributed by atoms with Gasteiger partial charge in [-0.05, 0) is 61.4 Å². The normalized spacial score (nSPS) is 19.1. The second kappa shape index (κ2) is 7.35. The molecule has 2 aromatic carbocycles. The molecule has 6 heteroatoms. The SMILES string of the molecule is CCOC1=NC(Cc2ccccc2)CN1S(=O)(=O)c1ccc2c(c1)CCC2.